The summed E-state index contributed by atoms with van der Waals surface area (Å²) in [7, 11) is 0. The molecule has 1 rings (SSSR count). The first-order valence-electron chi connectivity index (χ1n) is 7.15. The van der Waals surface area contributed by atoms with Crippen LogP contribution in [0.15, 0.2) is 0 Å². The summed E-state index contributed by atoms with van der Waals surface area (Å²) in [6.45, 7) is 12.6. The number of amides is 2. The first kappa shape index (κ1) is 16.8. The van der Waals surface area contributed by atoms with Crippen LogP contribution in [0.5, 0.6) is 0 Å². The highest BCUT2D eigenvalue weighted by atomic mass is 16.4. The summed E-state index contributed by atoms with van der Waals surface area (Å²) in [4.78, 5) is 27.4. The number of urea groups is 1. The third-order valence-corrected chi connectivity index (χ3v) is 4.08. The van der Waals surface area contributed by atoms with Gasteiger partial charge in [0, 0.05) is 31.7 Å². The third-order valence-electron chi connectivity index (χ3n) is 4.08. The summed E-state index contributed by atoms with van der Waals surface area (Å²) in [5.41, 5.74) is -1.10. The predicted molar refractivity (Wildman–Crippen MR) is 77.8 cm³/mol. The number of hydrogen-bond donors (Lipinski definition) is 2. The van der Waals surface area contributed by atoms with Gasteiger partial charge in [0.15, 0.2) is 0 Å². The van der Waals surface area contributed by atoms with Crippen LogP contribution in [0.3, 0.4) is 0 Å². The second-order valence-electron chi connectivity index (χ2n) is 6.57. The van der Waals surface area contributed by atoms with Crippen LogP contribution in [0.25, 0.3) is 0 Å². The summed E-state index contributed by atoms with van der Waals surface area (Å²) in [6, 6.07) is -0.287. The third kappa shape index (κ3) is 3.85. The zero-order chi connectivity index (χ0) is 15.6. The fraction of sp³-hybridized carbons (Fsp3) is 0.857. The van der Waals surface area contributed by atoms with Gasteiger partial charge in [0.25, 0.3) is 0 Å². The van der Waals surface area contributed by atoms with E-state index in [4.69, 9.17) is 0 Å². The van der Waals surface area contributed by atoms with Gasteiger partial charge in [-0.3, -0.25) is 4.90 Å². The van der Waals surface area contributed by atoms with Gasteiger partial charge in [-0.05, 0) is 34.1 Å². The molecule has 1 unspecified atom stereocenters. The molecule has 1 heterocycles. The lowest BCUT2D eigenvalue weighted by Crippen LogP contribution is -2.60. The minimum Gasteiger partial charge on any atom is -0.480 e. The van der Waals surface area contributed by atoms with Crippen molar-refractivity contribution in [2.75, 3.05) is 26.2 Å². The van der Waals surface area contributed by atoms with Gasteiger partial charge < -0.3 is 15.3 Å². The lowest BCUT2D eigenvalue weighted by atomic mass is 9.99. The molecule has 0 spiro atoms. The molecule has 1 aliphatic heterocycles. The van der Waals surface area contributed by atoms with Crippen LogP contribution in [0.2, 0.25) is 0 Å². The van der Waals surface area contributed by atoms with Gasteiger partial charge >= 0.3 is 12.0 Å². The van der Waals surface area contributed by atoms with Gasteiger partial charge in [-0.15, -0.1) is 0 Å². The van der Waals surface area contributed by atoms with Crippen LogP contribution in [-0.4, -0.2) is 64.2 Å². The van der Waals surface area contributed by atoms with Gasteiger partial charge in [-0.25, -0.2) is 9.59 Å². The van der Waals surface area contributed by atoms with Gasteiger partial charge in [0.2, 0.25) is 0 Å². The van der Waals surface area contributed by atoms with E-state index in [1.807, 2.05) is 0 Å². The zero-order valence-corrected chi connectivity index (χ0v) is 13.2. The highest BCUT2D eigenvalue weighted by Gasteiger charge is 2.35. The van der Waals surface area contributed by atoms with Crippen molar-refractivity contribution < 1.29 is 14.7 Å². The van der Waals surface area contributed by atoms with Crippen LogP contribution in [-0.2, 0) is 4.79 Å². The first-order valence-corrected chi connectivity index (χ1v) is 7.15. The Balaban J connectivity index is 2.57. The van der Waals surface area contributed by atoms with Crippen LogP contribution in [0.4, 0.5) is 4.79 Å². The molecule has 20 heavy (non-hydrogen) atoms. The number of hydrogen-bond acceptors (Lipinski definition) is 3. The Bertz CT molecular complexity index is 370. The maximum atomic E-state index is 12.2. The average molecular weight is 285 g/mol. The molecule has 0 radical (unpaired) electrons. The smallest absolute Gasteiger partial charge is 0.329 e. The SMILES string of the molecule is CCC(C)(NC(=O)N1CCN(C(C)(C)C)CC1)C(=O)O. The molecule has 0 aromatic heterocycles. The Morgan fingerprint density at radius 3 is 1.95 bits per heavy atom. The summed E-state index contributed by atoms with van der Waals surface area (Å²) < 4.78 is 0. The van der Waals surface area contributed by atoms with E-state index in [1.54, 1.807) is 18.7 Å². The van der Waals surface area contributed by atoms with Gasteiger partial charge in [-0.1, -0.05) is 6.92 Å². The Kier molecular flexibility index (Phi) is 5.02. The molecule has 6 nitrogen and oxygen atoms in total. The molecule has 1 fully saturated rings. The van der Waals surface area contributed by atoms with Gasteiger partial charge in [0.05, 0.1) is 0 Å². The van der Waals surface area contributed by atoms with Gasteiger partial charge in [-0.2, -0.15) is 0 Å². The van der Waals surface area contributed by atoms with Crippen molar-refractivity contribution in [1.29, 1.82) is 0 Å². The Hall–Kier alpha value is -1.30. The molecule has 1 saturated heterocycles. The lowest BCUT2D eigenvalue weighted by molar-refractivity contribution is -0.143. The molecule has 0 aliphatic carbocycles. The molecule has 2 N–H and O–H groups in total. The molecule has 116 valence electrons. The molecule has 6 heteroatoms. The van der Waals surface area contributed by atoms with Crippen LogP contribution in [0, 0.1) is 0 Å². The summed E-state index contributed by atoms with van der Waals surface area (Å²) in [5, 5.41) is 11.8. The maximum absolute atomic E-state index is 12.2. The maximum Gasteiger partial charge on any atom is 0.329 e. The highest BCUT2D eigenvalue weighted by molar-refractivity contribution is 5.85. The molecule has 0 aromatic carbocycles. The van der Waals surface area contributed by atoms with E-state index < -0.39 is 11.5 Å². The molecule has 0 saturated carbocycles. The molecule has 1 aliphatic rings. The minimum absolute atomic E-state index is 0.0988. The van der Waals surface area contributed by atoms with Crippen molar-refractivity contribution >= 4 is 12.0 Å². The number of carbonyl (C=O) groups is 2. The summed E-state index contributed by atoms with van der Waals surface area (Å²) in [6.07, 6.45) is 0.357. The molecule has 2 amide bonds. The monoisotopic (exact) mass is 285 g/mol. The Morgan fingerprint density at radius 1 is 1.10 bits per heavy atom. The minimum atomic E-state index is -1.20. The number of nitrogens with one attached hydrogen (secondary N) is 1. The largest absolute Gasteiger partial charge is 0.480 e. The van der Waals surface area contributed by atoms with E-state index in [9.17, 15) is 14.7 Å². The van der Waals surface area contributed by atoms with Crippen LogP contribution < -0.4 is 5.32 Å². The van der Waals surface area contributed by atoms with Crippen LogP contribution >= 0.6 is 0 Å². The standard InChI is InChI=1S/C14H27N3O3/c1-6-14(5,11(18)19)15-12(20)16-7-9-17(10-8-16)13(2,3)4/h6-10H2,1-5H3,(H,15,20)(H,18,19). The molecule has 1 atom stereocenters. The quantitative estimate of drug-likeness (QED) is 0.821. The highest BCUT2D eigenvalue weighted by Crippen LogP contribution is 2.16. The molecular formula is C14H27N3O3. The number of rotatable bonds is 3. The Labute approximate surface area is 121 Å². The topological polar surface area (TPSA) is 72.9 Å². The summed E-state index contributed by atoms with van der Waals surface area (Å²) in [5.74, 6) is -0.998. The van der Waals surface area contributed by atoms with E-state index in [-0.39, 0.29) is 11.6 Å². The number of nitrogens with zero attached hydrogens (tertiary/aromatic N) is 2. The summed E-state index contributed by atoms with van der Waals surface area (Å²) >= 11 is 0. The van der Waals surface area contributed by atoms with Crippen LogP contribution in [0.1, 0.15) is 41.0 Å². The number of carbonyl (C=O) groups excluding carboxylic acids is 1. The van der Waals surface area contributed by atoms with Crippen molar-refractivity contribution in [3.63, 3.8) is 0 Å². The predicted octanol–water partition coefficient (Wildman–Crippen LogP) is 1.37. The normalized spacial score (nSPS) is 20.4. The van der Waals surface area contributed by atoms with E-state index in [1.165, 1.54) is 0 Å². The fourth-order valence-electron chi connectivity index (χ4n) is 2.19. The second-order valence-corrected chi connectivity index (χ2v) is 6.57. The zero-order valence-electron chi connectivity index (χ0n) is 13.2. The van der Waals surface area contributed by atoms with Crippen molar-refractivity contribution in [3.8, 4) is 0 Å². The molecule has 0 aromatic rings. The van der Waals surface area contributed by atoms with E-state index >= 15 is 0 Å². The van der Waals surface area contributed by atoms with Crippen molar-refractivity contribution in [3.05, 3.63) is 0 Å². The van der Waals surface area contributed by atoms with E-state index in [0.717, 1.165) is 13.1 Å². The van der Waals surface area contributed by atoms with Crippen molar-refractivity contribution in [2.24, 2.45) is 0 Å². The Morgan fingerprint density at radius 2 is 1.60 bits per heavy atom. The number of carboxylic acid groups (broad SMARTS) is 1. The lowest BCUT2D eigenvalue weighted by Gasteiger charge is -2.42. The van der Waals surface area contributed by atoms with Crippen molar-refractivity contribution in [1.82, 2.24) is 15.1 Å². The van der Waals surface area contributed by atoms with E-state index in [2.05, 4.69) is 31.0 Å². The molecule has 0 bridgehead atoms. The average Bonchev–Trinajstić information content (AvgIpc) is 2.37. The molecular weight excluding hydrogens is 258 g/mol. The van der Waals surface area contributed by atoms with E-state index in [0.29, 0.717) is 19.5 Å². The number of piperazine rings is 1. The first-order chi connectivity index (χ1) is 9.10. The van der Waals surface area contributed by atoms with Crippen molar-refractivity contribution in [2.45, 2.75) is 52.1 Å². The fourth-order valence-corrected chi connectivity index (χ4v) is 2.19. The second kappa shape index (κ2) is 5.99. The number of carboxylic acids is 1. The number of aliphatic carboxylic acids is 1. The van der Waals surface area contributed by atoms with Gasteiger partial charge in [0.1, 0.15) is 5.54 Å².